The predicted octanol–water partition coefficient (Wildman–Crippen LogP) is 7.21. The number of anilines is 3. The van der Waals surface area contributed by atoms with Crippen LogP contribution in [0.2, 0.25) is 0 Å². The molecule has 3 heterocycles. The van der Waals surface area contributed by atoms with Crippen molar-refractivity contribution in [3.05, 3.63) is 82.9 Å². The number of urea groups is 2. The zero-order chi connectivity index (χ0) is 30.7. The van der Waals surface area contributed by atoms with Gasteiger partial charge in [0.1, 0.15) is 17.2 Å². The molecular weight excluding hydrogens is 542 g/mol. The van der Waals surface area contributed by atoms with Gasteiger partial charge < -0.3 is 20.1 Å². The second kappa shape index (κ2) is 12.3. The van der Waals surface area contributed by atoms with E-state index in [-0.39, 0.29) is 17.5 Å². The van der Waals surface area contributed by atoms with Crippen molar-refractivity contribution in [3.63, 3.8) is 0 Å². The summed E-state index contributed by atoms with van der Waals surface area (Å²) in [7, 11) is 0. The van der Waals surface area contributed by atoms with Crippen LogP contribution >= 0.6 is 0 Å². The highest BCUT2D eigenvalue weighted by Gasteiger charge is 2.25. The molecule has 0 aliphatic carbocycles. The van der Waals surface area contributed by atoms with Gasteiger partial charge in [0.25, 0.3) is 0 Å². The Balaban J connectivity index is 1.18. The van der Waals surface area contributed by atoms with Gasteiger partial charge in [0.2, 0.25) is 0 Å². The number of nitrogens with one attached hydrogen (secondary N) is 3. The Bertz CT molecular complexity index is 1570. The van der Waals surface area contributed by atoms with E-state index in [2.05, 4.69) is 47.9 Å². The maximum Gasteiger partial charge on any atom is 0.324 e. The highest BCUT2D eigenvalue weighted by atomic mass is 16.5. The van der Waals surface area contributed by atoms with Crippen LogP contribution in [0.15, 0.2) is 59.1 Å². The van der Waals surface area contributed by atoms with Gasteiger partial charge >= 0.3 is 12.1 Å². The average molecular weight is 584 g/mol. The molecule has 1 aliphatic rings. The molecule has 1 saturated heterocycles. The topological polar surface area (TPSA) is 117 Å². The van der Waals surface area contributed by atoms with Crippen LogP contribution in [0.3, 0.4) is 0 Å². The van der Waals surface area contributed by atoms with Crippen LogP contribution in [0, 0.1) is 26.7 Å². The molecule has 0 unspecified atom stereocenters. The molecule has 4 amide bonds. The molecule has 0 atom stereocenters. The minimum Gasteiger partial charge on any atom is -0.359 e. The van der Waals surface area contributed by atoms with Gasteiger partial charge in [0.15, 0.2) is 5.76 Å². The molecular formula is C33H41N7O3. The van der Waals surface area contributed by atoms with Crippen LogP contribution in [0.1, 0.15) is 61.9 Å². The number of carbonyl (C=O) groups excluding carboxylic acids is 2. The van der Waals surface area contributed by atoms with Crippen molar-refractivity contribution in [1.29, 1.82) is 0 Å². The smallest absolute Gasteiger partial charge is 0.324 e. The lowest BCUT2D eigenvalue weighted by Gasteiger charge is -2.32. The number of likely N-dealkylation sites (tertiary alicyclic amines) is 1. The van der Waals surface area contributed by atoms with E-state index < -0.39 is 0 Å². The zero-order valence-corrected chi connectivity index (χ0v) is 25.8. The quantitative estimate of drug-likeness (QED) is 0.222. The fourth-order valence-corrected chi connectivity index (χ4v) is 5.30. The fourth-order valence-electron chi connectivity index (χ4n) is 5.30. The monoisotopic (exact) mass is 583 g/mol. The molecule has 2 aromatic carbocycles. The van der Waals surface area contributed by atoms with Crippen LogP contribution in [-0.2, 0) is 11.8 Å². The van der Waals surface area contributed by atoms with Crippen LogP contribution in [0.25, 0.3) is 5.69 Å². The number of carbonyl (C=O) groups is 2. The Morgan fingerprint density at radius 3 is 2.33 bits per heavy atom. The van der Waals surface area contributed by atoms with E-state index in [1.54, 1.807) is 11.6 Å². The summed E-state index contributed by atoms with van der Waals surface area (Å²) in [4.78, 5) is 27.7. The van der Waals surface area contributed by atoms with Gasteiger partial charge in [-0.1, -0.05) is 55.8 Å². The van der Waals surface area contributed by atoms with E-state index in [0.717, 1.165) is 47.5 Å². The summed E-state index contributed by atoms with van der Waals surface area (Å²) >= 11 is 0. The lowest BCUT2D eigenvalue weighted by molar-refractivity contribution is 0.182. The lowest BCUT2D eigenvalue weighted by atomic mass is 9.90. The molecule has 10 heteroatoms. The lowest BCUT2D eigenvalue weighted by Crippen LogP contribution is -2.41. The summed E-state index contributed by atoms with van der Waals surface area (Å²) in [6.45, 7) is 13.3. The Labute approximate surface area is 252 Å². The minimum atomic E-state index is -0.330. The Morgan fingerprint density at radius 2 is 1.67 bits per heavy atom. The molecule has 43 heavy (non-hydrogen) atoms. The predicted molar refractivity (Wildman–Crippen MR) is 169 cm³/mol. The summed E-state index contributed by atoms with van der Waals surface area (Å²) in [6, 6.07) is 17.5. The number of rotatable bonds is 6. The first-order valence-electron chi connectivity index (χ1n) is 14.8. The first kappa shape index (κ1) is 29.9. The first-order chi connectivity index (χ1) is 20.5. The van der Waals surface area contributed by atoms with E-state index in [9.17, 15) is 9.59 Å². The number of hydrogen-bond acceptors (Lipinski definition) is 5. The van der Waals surface area contributed by atoms with Crippen molar-refractivity contribution in [2.75, 3.05) is 29.0 Å². The van der Waals surface area contributed by atoms with Crippen LogP contribution in [0.4, 0.5) is 26.8 Å². The largest absolute Gasteiger partial charge is 0.359 e. The molecule has 5 rings (SSSR count). The SMILES string of the molecule is Cc1ccc(-n2nc(C(C)(C)C)cc2NC(=O)Nc2cccc(CC3CCN(C(=O)Nc4c(C)noc4C)CC3)c2)cc1. The van der Waals surface area contributed by atoms with Crippen molar-refractivity contribution in [2.24, 2.45) is 5.92 Å². The minimum absolute atomic E-state index is 0.122. The molecule has 0 saturated carbocycles. The second-order valence-electron chi connectivity index (χ2n) is 12.5. The Kier molecular flexibility index (Phi) is 8.57. The summed E-state index contributed by atoms with van der Waals surface area (Å²) in [6.07, 6.45) is 2.70. The third kappa shape index (κ3) is 7.25. The molecule has 0 bridgehead atoms. The molecule has 0 radical (unpaired) electrons. The molecule has 0 spiro atoms. The molecule has 1 fully saturated rings. The third-order valence-electron chi connectivity index (χ3n) is 7.87. The number of hydrogen-bond donors (Lipinski definition) is 3. The molecule has 10 nitrogen and oxygen atoms in total. The molecule has 2 aromatic heterocycles. The summed E-state index contributed by atoms with van der Waals surface area (Å²) in [5.74, 6) is 1.66. The highest BCUT2D eigenvalue weighted by Crippen LogP contribution is 2.28. The Hall–Kier alpha value is -4.60. The molecule has 3 N–H and O–H groups in total. The van der Waals surface area contributed by atoms with E-state index >= 15 is 0 Å². The van der Waals surface area contributed by atoms with Crippen molar-refractivity contribution < 1.29 is 14.1 Å². The maximum atomic E-state index is 13.1. The van der Waals surface area contributed by atoms with Crippen molar-refractivity contribution in [1.82, 2.24) is 19.8 Å². The van der Waals surface area contributed by atoms with Gasteiger partial charge in [0, 0.05) is 30.3 Å². The number of aryl methyl sites for hydroxylation is 3. The Morgan fingerprint density at radius 1 is 0.953 bits per heavy atom. The van der Waals surface area contributed by atoms with Gasteiger partial charge in [0.05, 0.1) is 11.4 Å². The molecule has 226 valence electrons. The van der Waals surface area contributed by atoms with Crippen LogP contribution in [-0.4, -0.2) is 45.0 Å². The number of aromatic nitrogens is 3. The van der Waals surface area contributed by atoms with Crippen molar-refractivity contribution in [3.8, 4) is 5.69 Å². The number of amides is 4. The van der Waals surface area contributed by atoms with E-state index in [1.807, 2.05) is 67.3 Å². The van der Waals surface area contributed by atoms with Gasteiger partial charge in [-0.05, 0) is 75.8 Å². The normalized spacial score (nSPS) is 14.0. The average Bonchev–Trinajstić information content (AvgIpc) is 3.52. The van der Waals surface area contributed by atoms with Crippen molar-refractivity contribution >= 4 is 29.3 Å². The maximum absolute atomic E-state index is 13.1. The van der Waals surface area contributed by atoms with E-state index in [1.165, 1.54) is 0 Å². The van der Waals surface area contributed by atoms with Gasteiger partial charge in [-0.2, -0.15) is 5.10 Å². The van der Waals surface area contributed by atoms with E-state index in [4.69, 9.17) is 9.62 Å². The molecule has 1 aliphatic heterocycles. The zero-order valence-electron chi connectivity index (χ0n) is 25.8. The third-order valence-corrected chi connectivity index (χ3v) is 7.87. The van der Waals surface area contributed by atoms with E-state index in [0.29, 0.717) is 42.0 Å². The summed E-state index contributed by atoms with van der Waals surface area (Å²) in [5, 5.41) is 17.6. The number of piperidine rings is 1. The van der Waals surface area contributed by atoms with Crippen LogP contribution < -0.4 is 16.0 Å². The summed E-state index contributed by atoms with van der Waals surface area (Å²) in [5.41, 5.74) is 5.95. The highest BCUT2D eigenvalue weighted by molar-refractivity contribution is 5.99. The van der Waals surface area contributed by atoms with Crippen molar-refractivity contribution in [2.45, 2.75) is 66.2 Å². The fraction of sp³-hybridized carbons (Fsp3) is 0.394. The standard InChI is InChI=1S/C33H41N7O3/c1-21-10-12-27(13-11-21)40-29(20-28(37-40)33(4,5)6)35-31(41)34-26-9-7-8-25(19-26)18-24-14-16-39(17-15-24)32(42)36-30-22(2)38-43-23(30)3/h7-13,19-20,24H,14-18H2,1-6H3,(H,36,42)(H2,34,35,41). The van der Waals surface area contributed by atoms with Gasteiger partial charge in [-0.25, -0.2) is 14.3 Å². The van der Waals surface area contributed by atoms with Crippen LogP contribution in [0.5, 0.6) is 0 Å². The van der Waals surface area contributed by atoms with Gasteiger partial charge in [-0.3, -0.25) is 5.32 Å². The number of benzene rings is 2. The number of nitrogens with zero attached hydrogens (tertiary/aromatic N) is 4. The second-order valence-corrected chi connectivity index (χ2v) is 12.5. The first-order valence-corrected chi connectivity index (χ1v) is 14.8. The molecule has 4 aromatic rings. The summed E-state index contributed by atoms with van der Waals surface area (Å²) < 4.78 is 6.93. The van der Waals surface area contributed by atoms with Gasteiger partial charge in [-0.15, -0.1) is 0 Å².